The van der Waals surface area contributed by atoms with Crippen molar-refractivity contribution in [3.05, 3.63) is 48.6 Å². The lowest BCUT2D eigenvalue weighted by Crippen LogP contribution is -2.38. The number of aliphatic hydroxyl groups excluding tert-OH is 1. The van der Waals surface area contributed by atoms with Crippen molar-refractivity contribution in [2.24, 2.45) is 0 Å². The smallest absolute Gasteiger partial charge is 0.325 e. The number of carbonyl (C=O) groups excluding carboxylic acids is 1. The zero-order chi connectivity index (χ0) is 21.0. The lowest BCUT2D eigenvalue weighted by atomic mass is 10.1. The molecule has 0 fully saturated rings. The van der Waals surface area contributed by atoms with Gasteiger partial charge in [0.25, 0.3) is 0 Å². The number of hydrogen-bond acceptors (Lipinski definition) is 3. The Morgan fingerprint density at radius 2 is 1.68 bits per heavy atom. The van der Waals surface area contributed by atoms with Crippen LogP contribution in [-0.4, -0.2) is 34.2 Å². The molecule has 0 aromatic rings. The minimum Gasteiger partial charge on any atom is -0.480 e. The molecular weight excluding hydrogens is 354 g/mol. The van der Waals surface area contributed by atoms with Gasteiger partial charge >= 0.3 is 5.97 Å². The van der Waals surface area contributed by atoms with Crippen molar-refractivity contribution < 1.29 is 19.8 Å². The minimum atomic E-state index is -1.03. The van der Waals surface area contributed by atoms with Crippen LogP contribution in [0.15, 0.2) is 48.6 Å². The van der Waals surface area contributed by atoms with Crippen LogP contribution in [0.25, 0.3) is 0 Å². The summed E-state index contributed by atoms with van der Waals surface area (Å²) in [6.45, 7) is 3.64. The maximum atomic E-state index is 11.5. The molecule has 0 spiro atoms. The monoisotopic (exact) mass is 391 g/mol. The zero-order valence-electron chi connectivity index (χ0n) is 17.3. The van der Waals surface area contributed by atoms with Gasteiger partial charge in [-0.05, 0) is 45.4 Å². The molecule has 0 heterocycles. The van der Waals surface area contributed by atoms with Gasteiger partial charge in [0.2, 0.25) is 5.91 Å². The van der Waals surface area contributed by atoms with Crippen molar-refractivity contribution in [3.63, 3.8) is 0 Å². The Labute approximate surface area is 169 Å². The van der Waals surface area contributed by atoms with Crippen molar-refractivity contribution in [2.45, 2.75) is 83.8 Å². The molecule has 0 aromatic carbocycles. The summed E-state index contributed by atoms with van der Waals surface area (Å²) in [7, 11) is 0. The fourth-order valence-corrected chi connectivity index (χ4v) is 2.34. The number of rotatable bonds is 16. The van der Waals surface area contributed by atoms with Gasteiger partial charge in [0.15, 0.2) is 0 Å². The highest BCUT2D eigenvalue weighted by molar-refractivity contribution is 5.83. The Morgan fingerprint density at radius 1 is 0.964 bits per heavy atom. The second kappa shape index (κ2) is 18.2. The van der Waals surface area contributed by atoms with Crippen molar-refractivity contribution in [1.82, 2.24) is 5.32 Å². The van der Waals surface area contributed by atoms with E-state index in [2.05, 4.69) is 18.3 Å². The molecule has 2 atom stereocenters. The van der Waals surface area contributed by atoms with Crippen LogP contribution < -0.4 is 5.32 Å². The van der Waals surface area contributed by atoms with E-state index in [0.29, 0.717) is 19.3 Å². The molecule has 0 rings (SSSR count). The largest absolute Gasteiger partial charge is 0.480 e. The van der Waals surface area contributed by atoms with Crippen LogP contribution in [0.5, 0.6) is 0 Å². The predicted octanol–water partition coefficient (Wildman–Crippen LogP) is 4.69. The standard InChI is InChI=1S/C23H37NO4/c1-3-4-5-6-11-14-17-21(25)18-15-12-9-7-8-10-13-16-19-22(26)24-20(2)23(27)28/h8-12,14-15,18,20-21,25H,3-7,13,16-17,19H2,1-2H3,(H,24,26)(H,27,28). The van der Waals surface area contributed by atoms with E-state index in [1.54, 1.807) is 6.08 Å². The van der Waals surface area contributed by atoms with Crippen LogP contribution >= 0.6 is 0 Å². The van der Waals surface area contributed by atoms with Gasteiger partial charge in [0.05, 0.1) is 6.10 Å². The number of aliphatic carboxylic acids is 1. The van der Waals surface area contributed by atoms with E-state index in [0.717, 1.165) is 19.3 Å². The third kappa shape index (κ3) is 17.3. The Bertz CT molecular complexity index is 535. The van der Waals surface area contributed by atoms with Crippen molar-refractivity contribution in [3.8, 4) is 0 Å². The molecule has 0 aliphatic rings. The summed E-state index contributed by atoms with van der Waals surface area (Å²) >= 11 is 0. The molecule has 5 nitrogen and oxygen atoms in total. The average molecular weight is 392 g/mol. The second-order valence-electron chi connectivity index (χ2n) is 6.81. The number of aliphatic hydroxyl groups is 1. The number of carbonyl (C=O) groups is 2. The molecule has 0 saturated carbocycles. The molecule has 0 saturated heterocycles. The van der Waals surface area contributed by atoms with E-state index >= 15 is 0 Å². The van der Waals surface area contributed by atoms with E-state index in [-0.39, 0.29) is 5.91 Å². The average Bonchev–Trinajstić information content (AvgIpc) is 2.65. The van der Waals surface area contributed by atoms with E-state index in [1.807, 2.05) is 36.5 Å². The van der Waals surface area contributed by atoms with Crippen molar-refractivity contribution in [2.75, 3.05) is 0 Å². The first-order valence-electron chi connectivity index (χ1n) is 10.3. The van der Waals surface area contributed by atoms with Crippen LogP contribution in [0, 0.1) is 0 Å². The molecule has 0 aromatic heterocycles. The number of carboxylic acids is 1. The maximum Gasteiger partial charge on any atom is 0.325 e. The molecule has 0 bridgehead atoms. The number of unbranched alkanes of at least 4 members (excludes halogenated alkanes) is 4. The van der Waals surface area contributed by atoms with E-state index in [9.17, 15) is 14.7 Å². The lowest BCUT2D eigenvalue weighted by Gasteiger charge is -2.08. The zero-order valence-corrected chi connectivity index (χ0v) is 17.3. The van der Waals surface area contributed by atoms with Crippen molar-refractivity contribution >= 4 is 11.9 Å². The number of amides is 1. The highest BCUT2D eigenvalue weighted by Crippen LogP contribution is 2.03. The van der Waals surface area contributed by atoms with Crippen LogP contribution in [0.3, 0.4) is 0 Å². The van der Waals surface area contributed by atoms with E-state index in [1.165, 1.54) is 26.2 Å². The topological polar surface area (TPSA) is 86.6 Å². The van der Waals surface area contributed by atoms with Gasteiger partial charge in [-0.25, -0.2) is 0 Å². The minimum absolute atomic E-state index is 0.234. The molecule has 0 aliphatic heterocycles. The summed E-state index contributed by atoms with van der Waals surface area (Å²) in [4.78, 5) is 22.1. The normalized spacial score (nSPS) is 14.4. The van der Waals surface area contributed by atoms with Crippen LogP contribution in [0.1, 0.15) is 71.6 Å². The van der Waals surface area contributed by atoms with Gasteiger partial charge in [0, 0.05) is 6.42 Å². The summed E-state index contributed by atoms with van der Waals surface area (Å²) in [6.07, 6.45) is 23.4. The fourth-order valence-electron chi connectivity index (χ4n) is 2.34. The van der Waals surface area contributed by atoms with Crippen molar-refractivity contribution in [1.29, 1.82) is 0 Å². The Kier molecular flexibility index (Phi) is 16.8. The summed E-state index contributed by atoms with van der Waals surface area (Å²) in [6, 6.07) is -0.846. The third-order valence-electron chi connectivity index (χ3n) is 4.06. The highest BCUT2D eigenvalue weighted by Gasteiger charge is 2.12. The summed E-state index contributed by atoms with van der Waals surface area (Å²) in [5.74, 6) is -1.26. The number of hydrogen-bond donors (Lipinski definition) is 3. The summed E-state index contributed by atoms with van der Waals surface area (Å²) in [5.41, 5.74) is 0. The second-order valence-corrected chi connectivity index (χ2v) is 6.81. The van der Waals surface area contributed by atoms with E-state index in [4.69, 9.17) is 5.11 Å². The van der Waals surface area contributed by atoms with Crippen LogP contribution in [-0.2, 0) is 9.59 Å². The Morgan fingerprint density at radius 3 is 2.39 bits per heavy atom. The van der Waals surface area contributed by atoms with Crippen LogP contribution in [0.4, 0.5) is 0 Å². The molecular formula is C23H37NO4. The first-order valence-corrected chi connectivity index (χ1v) is 10.3. The van der Waals surface area contributed by atoms with Gasteiger partial charge in [0.1, 0.15) is 6.04 Å². The van der Waals surface area contributed by atoms with Crippen LogP contribution in [0.2, 0.25) is 0 Å². The highest BCUT2D eigenvalue weighted by atomic mass is 16.4. The quantitative estimate of drug-likeness (QED) is 0.202. The lowest BCUT2D eigenvalue weighted by molar-refractivity contribution is -0.141. The summed E-state index contributed by atoms with van der Waals surface area (Å²) in [5, 5.41) is 21.0. The first kappa shape index (κ1) is 25.9. The van der Waals surface area contributed by atoms with Gasteiger partial charge in [-0.2, -0.15) is 0 Å². The number of carboxylic acid groups (broad SMARTS) is 1. The Hall–Kier alpha value is -2.14. The van der Waals surface area contributed by atoms with Gasteiger partial charge in [-0.3, -0.25) is 9.59 Å². The fraction of sp³-hybridized carbons (Fsp3) is 0.565. The number of allylic oxidation sites excluding steroid dienone is 6. The molecule has 5 heteroatoms. The molecule has 28 heavy (non-hydrogen) atoms. The van der Waals surface area contributed by atoms with Gasteiger partial charge in [-0.15, -0.1) is 0 Å². The molecule has 2 unspecified atom stereocenters. The molecule has 0 radical (unpaired) electrons. The third-order valence-corrected chi connectivity index (χ3v) is 4.06. The molecule has 158 valence electrons. The Balaban J connectivity index is 3.73. The van der Waals surface area contributed by atoms with Gasteiger partial charge < -0.3 is 15.5 Å². The van der Waals surface area contributed by atoms with Gasteiger partial charge in [-0.1, -0.05) is 68.4 Å². The predicted molar refractivity (Wildman–Crippen MR) is 115 cm³/mol. The molecule has 3 N–H and O–H groups in total. The first-order chi connectivity index (χ1) is 13.5. The number of nitrogens with one attached hydrogen (secondary N) is 1. The molecule has 1 amide bonds. The SMILES string of the molecule is CCCCCC=CCC(O)C=CC=CCC=CCCCC(=O)NC(C)C(=O)O. The molecule has 0 aliphatic carbocycles. The van der Waals surface area contributed by atoms with E-state index < -0.39 is 18.1 Å². The maximum absolute atomic E-state index is 11.5. The summed E-state index contributed by atoms with van der Waals surface area (Å²) < 4.78 is 0.